The quantitative estimate of drug-likeness (QED) is 0.449. The Morgan fingerprint density at radius 1 is 0.966 bits per heavy atom. The topological polar surface area (TPSA) is 54.5 Å². The maximum Gasteiger partial charge on any atom is 0.214 e. The fraction of sp³-hybridized carbons (Fsp3) is 0.0870. The first-order valence-electron chi connectivity index (χ1n) is 9.16. The highest BCUT2D eigenvalue weighted by molar-refractivity contribution is 7.96. The number of hydrogen-bond donors (Lipinski definition) is 0. The molecule has 3 aromatic carbocycles. The van der Waals surface area contributed by atoms with Crippen LogP contribution >= 0.6 is 0 Å². The number of sulfone groups is 1. The third-order valence-corrected chi connectivity index (χ3v) is 6.66. The van der Waals surface area contributed by atoms with E-state index in [1.165, 1.54) is 18.3 Å². The molecule has 1 aliphatic rings. The summed E-state index contributed by atoms with van der Waals surface area (Å²) in [6.45, 7) is 2.01. The van der Waals surface area contributed by atoms with Gasteiger partial charge in [0.25, 0.3) is 0 Å². The predicted octanol–water partition coefficient (Wildman–Crippen LogP) is 5.04. The highest BCUT2D eigenvalue weighted by Gasteiger charge is 2.36. The van der Waals surface area contributed by atoms with E-state index in [-0.39, 0.29) is 21.1 Å². The lowest BCUT2D eigenvalue weighted by Crippen LogP contribution is -2.26. The molecule has 4 rings (SSSR count). The van der Waals surface area contributed by atoms with Crippen LogP contribution in [0.4, 0.5) is 15.8 Å². The Balaban J connectivity index is 1.95. The van der Waals surface area contributed by atoms with E-state index in [2.05, 4.69) is 0 Å². The Labute approximate surface area is 168 Å². The van der Waals surface area contributed by atoms with Gasteiger partial charge in [-0.05, 0) is 42.3 Å². The van der Waals surface area contributed by atoms with E-state index in [4.69, 9.17) is 0 Å². The third-order valence-electron chi connectivity index (χ3n) is 4.86. The molecule has 0 aliphatic carbocycles. The van der Waals surface area contributed by atoms with E-state index in [1.54, 1.807) is 41.3 Å². The first kappa shape index (κ1) is 19.1. The lowest BCUT2D eigenvalue weighted by molar-refractivity contribution is 0.104. The number of fused-ring (bicyclic) bond motifs is 1. The van der Waals surface area contributed by atoms with Crippen LogP contribution in [0.25, 0.3) is 0 Å². The molecule has 4 nitrogen and oxygen atoms in total. The molecule has 0 atom stereocenters. The van der Waals surface area contributed by atoms with Crippen LogP contribution in [0.1, 0.15) is 22.8 Å². The number of aryl methyl sites for hydroxylation is 1. The molecular weight excluding hydrogens is 389 g/mol. The molecule has 0 spiro atoms. The second kappa shape index (κ2) is 7.29. The van der Waals surface area contributed by atoms with Crippen molar-refractivity contribution >= 4 is 27.0 Å². The lowest BCUT2D eigenvalue weighted by atomic mass is 10.1. The number of Topliss-reactive ketones (excluding diaryl/α,β-unsaturated/α-hetero) is 1. The standard InChI is InChI=1S/C23H18FNO3S/c1-2-16-7-6-10-19(13-16)25-15-22(23(26)17-8-4-3-5-9-17)29(27,28)21-12-11-18(24)14-20(21)25/h3-15H,2H2,1H3. The van der Waals surface area contributed by atoms with Gasteiger partial charge in [-0.2, -0.15) is 0 Å². The van der Waals surface area contributed by atoms with Crippen molar-refractivity contribution in [1.82, 2.24) is 0 Å². The summed E-state index contributed by atoms with van der Waals surface area (Å²) in [6.07, 6.45) is 2.08. The second-order valence-electron chi connectivity index (χ2n) is 6.70. The van der Waals surface area contributed by atoms with Crippen molar-refractivity contribution < 1.29 is 17.6 Å². The van der Waals surface area contributed by atoms with Crippen LogP contribution in [-0.2, 0) is 16.3 Å². The van der Waals surface area contributed by atoms with Gasteiger partial charge in [0.05, 0.1) is 10.6 Å². The zero-order chi connectivity index (χ0) is 20.6. The number of carbonyl (C=O) groups excluding carboxylic acids is 1. The van der Waals surface area contributed by atoms with Crippen LogP contribution in [-0.4, -0.2) is 14.2 Å². The van der Waals surface area contributed by atoms with Crippen molar-refractivity contribution in [3.8, 4) is 0 Å². The van der Waals surface area contributed by atoms with Crippen LogP contribution < -0.4 is 4.90 Å². The van der Waals surface area contributed by atoms with E-state index in [0.717, 1.165) is 18.1 Å². The molecule has 29 heavy (non-hydrogen) atoms. The van der Waals surface area contributed by atoms with Crippen LogP contribution in [0.15, 0.2) is 88.8 Å². The monoisotopic (exact) mass is 407 g/mol. The molecule has 0 saturated heterocycles. The smallest absolute Gasteiger partial charge is 0.214 e. The maximum atomic E-state index is 14.0. The van der Waals surface area contributed by atoms with Crippen molar-refractivity contribution in [1.29, 1.82) is 0 Å². The number of allylic oxidation sites excluding steroid dienone is 1. The first-order valence-corrected chi connectivity index (χ1v) is 10.6. The third kappa shape index (κ3) is 3.36. The molecule has 0 amide bonds. The SMILES string of the molecule is CCc1cccc(N2C=C(C(=O)c3ccccc3)S(=O)(=O)c3ccc(F)cc32)c1. The Kier molecular flexibility index (Phi) is 4.80. The molecular formula is C23H18FNO3S. The number of nitrogens with zero attached hydrogens (tertiary/aromatic N) is 1. The fourth-order valence-electron chi connectivity index (χ4n) is 3.33. The van der Waals surface area contributed by atoms with Gasteiger partial charge in [0, 0.05) is 17.5 Å². The van der Waals surface area contributed by atoms with E-state index >= 15 is 0 Å². The number of ketones is 1. The van der Waals surface area contributed by atoms with Crippen LogP contribution in [0.3, 0.4) is 0 Å². The summed E-state index contributed by atoms with van der Waals surface area (Å²) in [6, 6.07) is 19.2. The molecule has 0 fully saturated rings. The van der Waals surface area contributed by atoms with Gasteiger partial charge in [0.15, 0.2) is 0 Å². The van der Waals surface area contributed by atoms with Gasteiger partial charge in [-0.3, -0.25) is 4.79 Å². The van der Waals surface area contributed by atoms with E-state index in [1.807, 2.05) is 25.1 Å². The van der Waals surface area contributed by atoms with E-state index < -0.39 is 21.4 Å². The normalized spacial score (nSPS) is 14.8. The number of carbonyl (C=O) groups is 1. The second-order valence-corrected chi connectivity index (χ2v) is 8.58. The van der Waals surface area contributed by atoms with Crippen LogP contribution in [0.5, 0.6) is 0 Å². The van der Waals surface area contributed by atoms with E-state index in [0.29, 0.717) is 5.69 Å². The Morgan fingerprint density at radius 3 is 2.45 bits per heavy atom. The van der Waals surface area contributed by atoms with Gasteiger partial charge in [-0.25, -0.2) is 12.8 Å². The summed E-state index contributed by atoms with van der Waals surface area (Å²) in [5.41, 5.74) is 2.15. The van der Waals surface area contributed by atoms with Gasteiger partial charge in [-0.15, -0.1) is 0 Å². The average Bonchev–Trinajstić information content (AvgIpc) is 2.74. The van der Waals surface area contributed by atoms with Gasteiger partial charge in [0.1, 0.15) is 10.7 Å². The Hall–Kier alpha value is -3.25. The molecule has 6 heteroatoms. The van der Waals surface area contributed by atoms with Crippen molar-refractivity contribution in [2.24, 2.45) is 0 Å². The highest BCUT2D eigenvalue weighted by atomic mass is 32.2. The van der Waals surface area contributed by atoms with E-state index in [9.17, 15) is 17.6 Å². The van der Waals surface area contributed by atoms with Crippen molar-refractivity contribution in [3.63, 3.8) is 0 Å². The number of benzene rings is 3. The Bertz CT molecular complexity index is 1230. The average molecular weight is 407 g/mol. The first-order chi connectivity index (χ1) is 13.9. The van der Waals surface area contributed by atoms with Crippen molar-refractivity contribution in [2.75, 3.05) is 4.90 Å². The summed E-state index contributed by atoms with van der Waals surface area (Å²) < 4.78 is 40.4. The molecule has 1 heterocycles. The van der Waals surface area contributed by atoms with Crippen LogP contribution in [0.2, 0.25) is 0 Å². The minimum Gasteiger partial charge on any atom is -0.314 e. The lowest BCUT2D eigenvalue weighted by Gasteiger charge is -2.29. The Morgan fingerprint density at radius 2 is 1.72 bits per heavy atom. The van der Waals surface area contributed by atoms with Gasteiger partial charge in [-0.1, -0.05) is 49.4 Å². The fourth-order valence-corrected chi connectivity index (χ4v) is 4.86. The summed E-state index contributed by atoms with van der Waals surface area (Å²) >= 11 is 0. The summed E-state index contributed by atoms with van der Waals surface area (Å²) in [5, 5.41) is 0. The largest absolute Gasteiger partial charge is 0.314 e. The van der Waals surface area contributed by atoms with Gasteiger partial charge < -0.3 is 4.90 Å². The molecule has 1 aliphatic heterocycles. The highest BCUT2D eigenvalue weighted by Crippen LogP contribution is 2.41. The molecule has 0 unspecified atom stereocenters. The minimum atomic E-state index is -4.10. The molecule has 0 N–H and O–H groups in total. The number of halogens is 1. The summed E-state index contributed by atoms with van der Waals surface area (Å²) in [4.78, 5) is 14.2. The molecule has 0 radical (unpaired) electrons. The van der Waals surface area contributed by atoms with Gasteiger partial charge in [0.2, 0.25) is 15.6 Å². The van der Waals surface area contributed by atoms with Crippen molar-refractivity contribution in [3.05, 3.63) is 101 Å². The van der Waals surface area contributed by atoms with Crippen molar-refractivity contribution in [2.45, 2.75) is 18.2 Å². The van der Waals surface area contributed by atoms with Crippen LogP contribution in [0, 0.1) is 5.82 Å². The molecule has 0 saturated carbocycles. The summed E-state index contributed by atoms with van der Waals surface area (Å²) in [7, 11) is -4.10. The zero-order valence-corrected chi connectivity index (χ0v) is 16.5. The van der Waals surface area contributed by atoms with Gasteiger partial charge >= 0.3 is 0 Å². The summed E-state index contributed by atoms with van der Waals surface area (Å²) in [5.74, 6) is -1.15. The molecule has 3 aromatic rings. The predicted molar refractivity (Wildman–Crippen MR) is 110 cm³/mol. The molecule has 146 valence electrons. The molecule has 0 bridgehead atoms. The number of rotatable bonds is 4. The number of hydrogen-bond acceptors (Lipinski definition) is 4. The minimum absolute atomic E-state index is 0.0948. The molecule has 0 aromatic heterocycles. The zero-order valence-electron chi connectivity index (χ0n) is 15.7. The number of anilines is 2. The maximum absolute atomic E-state index is 14.0.